The molecule has 0 aliphatic heterocycles. The van der Waals surface area contributed by atoms with Crippen LogP contribution in [0.4, 0.5) is 0 Å². The quantitative estimate of drug-likeness (QED) is 0.270. The van der Waals surface area contributed by atoms with Gasteiger partial charge in [-0.25, -0.2) is 0 Å². The van der Waals surface area contributed by atoms with Gasteiger partial charge in [0, 0.05) is 18.7 Å². The standard InChI is InChI=1S/C32H40N2O2.ClH/c1-4-21-33-28-18-19-30-27(22-28)11-8-12-29(30)23(2)13-20-31(36-3)34-32(35)26-16-14-25(15-17-26)24-9-6-5-7-10-24;/h5-12,14-17,23,28,31,33H,4,13,18-22H2,1-3H3,(H,34,35);1H/t23?,28-,31?;/m0./s1. The second kappa shape index (κ2) is 14.3. The van der Waals surface area contributed by atoms with Crippen molar-refractivity contribution in [3.05, 3.63) is 95.1 Å². The lowest BCUT2D eigenvalue weighted by Crippen LogP contribution is -2.36. The monoisotopic (exact) mass is 520 g/mol. The zero-order chi connectivity index (χ0) is 25.3. The number of amides is 1. The Balaban J connectivity index is 0.00000380. The molecule has 1 aliphatic carbocycles. The Hall–Kier alpha value is -2.66. The van der Waals surface area contributed by atoms with E-state index in [2.05, 4.69) is 54.8 Å². The van der Waals surface area contributed by atoms with Gasteiger partial charge in [-0.1, -0.05) is 74.5 Å². The molecule has 1 aliphatic rings. The zero-order valence-corrected chi connectivity index (χ0v) is 23.2. The van der Waals surface area contributed by atoms with Crippen molar-refractivity contribution in [2.24, 2.45) is 0 Å². The van der Waals surface area contributed by atoms with E-state index in [9.17, 15) is 4.79 Å². The number of hydrogen-bond donors (Lipinski definition) is 2. The Labute approximate surface area is 228 Å². The van der Waals surface area contributed by atoms with Crippen molar-refractivity contribution in [1.82, 2.24) is 10.6 Å². The fourth-order valence-electron chi connectivity index (χ4n) is 5.30. The molecule has 0 aromatic heterocycles. The summed E-state index contributed by atoms with van der Waals surface area (Å²) >= 11 is 0. The van der Waals surface area contributed by atoms with Crippen molar-refractivity contribution in [3.63, 3.8) is 0 Å². The first-order chi connectivity index (χ1) is 17.6. The molecular formula is C32H41ClN2O2. The lowest BCUT2D eigenvalue weighted by molar-refractivity contribution is 0.0521. The summed E-state index contributed by atoms with van der Waals surface area (Å²) < 4.78 is 5.65. The third-order valence-electron chi connectivity index (χ3n) is 7.42. The molecule has 198 valence electrons. The lowest BCUT2D eigenvalue weighted by atomic mass is 9.81. The van der Waals surface area contributed by atoms with Crippen LogP contribution in [0.3, 0.4) is 0 Å². The maximum Gasteiger partial charge on any atom is 0.253 e. The molecule has 0 bridgehead atoms. The van der Waals surface area contributed by atoms with Gasteiger partial charge in [0.25, 0.3) is 5.91 Å². The summed E-state index contributed by atoms with van der Waals surface area (Å²) in [4.78, 5) is 12.9. The average Bonchev–Trinajstić information content (AvgIpc) is 2.93. The van der Waals surface area contributed by atoms with E-state index in [1.165, 1.54) is 29.5 Å². The summed E-state index contributed by atoms with van der Waals surface area (Å²) in [5.41, 5.74) is 7.38. The number of methoxy groups -OCH3 is 1. The fraction of sp³-hybridized carbons (Fsp3) is 0.406. The first-order valence-electron chi connectivity index (χ1n) is 13.4. The highest BCUT2D eigenvalue weighted by atomic mass is 35.5. The number of benzene rings is 3. The predicted molar refractivity (Wildman–Crippen MR) is 156 cm³/mol. The van der Waals surface area contributed by atoms with Crippen molar-refractivity contribution in [2.75, 3.05) is 13.7 Å². The van der Waals surface area contributed by atoms with Crippen molar-refractivity contribution >= 4 is 18.3 Å². The highest BCUT2D eigenvalue weighted by Gasteiger charge is 2.23. The van der Waals surface area contributed by atoms with Crippen molar-refractivity contribution in [1.29, 1.82) is 0 Å². The molecule has 4 rings (SSSR count). The highest BCUT2D eigenvalue weighted by molar-refractivity contribution is 5.94. The molecule has 0 spiro atoms. The van der Waals surface area contributed by atoms with Crippen LogP contribution in [0.25, 0.3) is 11.1 Å². The molecular weight excluding hydrogens is 480 g/mol. The maximum absolute atomic E-state index is 12.9. The Morgan fingerprint density at radius 1 is 0.973 bits per heavy atom. The molecule has 3 atom stereocenters. The van der Waals surface area contributed by atoms with Crippen LogP contribution in [0, 0.1) is 0 Å². The molecule has 0 heterocycles. The Morgan fingerprint density at radius 3 is 2.41 bits per heavy atom. The SMILES string of the molecule is CCCN[C@H]1CCc2c(cccc2C(C)CCC(NC(=O)c2ccc(-c3ccccc3)cc2)OC)C1.Cl. The molecule has 37 heavy (non-hydrogen) atoms. The van der Waals surface area contributed by atoms with Gasteiger partial charge < -0.3 is 15.4 Å². The number of halogens is 1. The summed E-state index contributed by atoms with van der Waals surface area (Å²) in [7, 11) is 1.67. The molecule has 3 aromatic rings. The third-order valence-corrected chi connectivity index (χ3v) is 7.42. The van der Waals surface area contributed by atoms with Crippen molar-refractivity contribution in [2.45, 2.75) is 70.6 Å². The number of carbonyl (C=O) groups is 1. The molecule has 2 N–H and O–H groups in total. The summed E-state index contributed by atoms with van der Waals surface area (Å²) in [6.07, 6.45) is 6.06. The first kappa shape index (κ1) is 28.9. The van der Waals surface area contributed by atoms with Crippen LogP contribution in [0.5, 0.6) is 0 Å². The predicted octanol–water partition coefficient (Wildman–Crippen LogP) is 6.92. The largest absolute Gasteiger partial charge is 0.362 e. The van der Waals surface area contributed by atoms with Crippen LogP contribution < -0.4 is 10.6 Å². The van der Waals surface area contributed by atoms with Gasteiger partial charge in [-0.2, -0.15) is 0 Å². The van der Waals surface area contributed by atoms with Crippen LogP contribution in [0.15, 0.2) is 72.8 Å². The van der Waals surface area contributed by atoms with Gasteiger partial charge in [0.1, 0.15) is 6.23 Å². The maximum atomic E-state index is 12.9. The van der Waals surface area contributed by atoms with E-state index in [1.54, 1.807) is 7.11 Å². The second-order valence-electron chi connectivity index (χ2n) is 10.00. The van der Waals surface area contributed by atoms with E-state index < -0.39 is 0 Å². The van der Waals surface area contributed by atoms with Crippen LogP contribution in [-0.2, 0) is 17.6 Å². The Bertz CT molecular complexity index is 1120. The van der Waals surface area contributed by atoms with Crippen LogP contribution in [-0.4, -0.2) is 31.8 Å². The van der Waals surface area contributed by atoms with E-state index in [1.807, 2.05) is 42.5 Å². The summed E-state index contributed by atoms with van der Waals surface area (Å²) in [6.45, 7) is 5.62. The molecule has 4 nitrogen and oxygen atoms in total. The third kappa shape index (κ3) is 7.67. The normalized spacial score (nSPS) is 16.2. The van der Waals surface area contributed by atoms with Crippen LogP contribution in [0.2, 0.25) is 0 Å². The van der Waals surface area contributed by atoms with Gasteiger partial charge in [-0.15, -0.1) is 12.4 Å². The number of nitrogens with one attached hydrogen (secondary N) is 2. The number of carbonyl (C=O) groups excluding carboxylic acids is 1. The fourth-order valence-corrected chi connectivity index (χ4v) is 5.30. The second-order valence-corrected chi connectivity index (χ2v) is 10.00. The van der Waals surface area contributed by atoms with E-state index in [0.29, 0.717) is 17.5 Å². The summed E-state index contributed by atoms with van der Waals surface area (Å²) in [5, 5.41) is 6.76. The topological polar surface area (TPSA) is 50.4 Å². The van der Waals surface area contributed by atoms with Gasteiger partial charge in [0.2, 0.25) is 0 Å². The Morgan fingerprint density at radius 2 is 1.70 bits per heavy atom. The van der Waals surface area contributed by atoms with Gasteiger partial charge in [-0.3, -0.25) is 4.79 Å². The van der Waals surface area contributed by atoms with Crippen molar-refractivity contribution < 1.29 is 9.53 Å². The minimum atomic E-state index is -0.309. The van der Waals surface area contributed by atoms with Gasteiger partial charge in [-0.05, 0) is 90.9 Å². The average molecular weight is 521 g/mol. The van der Waals surface area contributed by atoms with E-state index in [0.717, 1.165) is 43.4 Å². The highest BCUT2D eigenvalue weighted by Crippen LogP contribution is 2.32. The Kier molecular flexibility index (Phi) is 11.2. The number of ether oxygens (including phenoxy) is 1. The molecule has 0 saturated carbocycles. The van der Waals surface area contributed by atoms with Gasteiger partial charge >= 0.3 is 0 Å². The van der Waals surface area contributed by atoms with E-state index in [4.69, 9.17) is 4.74 Å². The number of rotatable bonds is 11. The van der Waals surface area contributed by atoms with Crippen LogP contribution >= 0.6 is 12.4 Å². The molecule has 2 unspecified atom stereocenters. The molecule has 0 saturated heterocycles. The smallest absolute Gasteiger partial charge is 0.253 e. The van der Waals surface area contributed by atoms with E-state index in [-0.39, 0.29) is 24.5 Å². The first-order valence-corrected chi connectivity index (χ1v) is 13.4. The minimum Gasteiger partial charge on any atom is -0.362 e. The number of hydrogen-bond acceptors (Lipinski definition) is 3. The molecule has 0 fully saturated rings. The molecule has 1 amide bonds. The van der Waals surface area contributed by atoms with Crippen molar-refractivity contribution in [3.8, 4) is 11.1 Å². The van der Waals surface area contributed by atoms with Crippen LogP contribution in [0.1, 0.15) is 72.5 Å². The zero-order valence-electron chi connectivity index (χ0n) is 22.3. The summed E-state index contributed by atoms with van der Waals surface area (Å²) in [5.74, 6) is 0.316. The summed E-state index contributed by atoms with van der Waals surface area (Å²) in [6, 6.07) is 25.3. The lowest BCUT2D eigenvalue weighted by Gasteiger charge is -2.29. The number of fused-ring (bicyclic) bond motifs is 1. The molecule has 5 heteroatoms. The van der Waals surface area contributed by atoms with Gasteiger partial charge in [0.05, 0.1) is 0 Å². The van der Waals surface area contributed by atoms with Gasteiger partial charge in [0.15, 0.2) is 0 Å². The van der Waals surface area contributed by atoms with E-state index >= 15 is 0 Å². The molecule has 0 radical (unpaired) electrons. The minimum absolute atomic E-state index is 0. The molecule has 3 aromatic carbocycles.